The van der Waals surface area contributed by atoms with Gasteiger partial charge in [0.05, 0.1) is 22.5 Å². The quantitative estimate of drug-likeness (QED) is 0.0785. The third-order valence-corrected chi connectivity index (χ3v) is 10.4. The Balaban J connectivity index is 0.000000188. The first kappa shape index (κ1) is 50.6. The van der Waals surface area contributed by atoms with Crippen molar-refractivity contribution in [1.82, 2.24) is 50.3 Å². The van der Waals surface area contributed by atoms with E-state index in [2.05, 4.69) is 50.3 Å². The topological polar surface area (TPSA) is 242 Å². The number of carboxylic acids is 1. The van der Waals surface area contributed by atoms with Crippen molar-refractivity contribution in [2.45, 2.75) is 38.5 Å². The highest BCUT2D eigenvalue weighted by molar-refractivity contribution is 5.95. The molecule has 8 rings (SSSR count). The number of nitrogens with two attached hydrogens (primary N) is 1. The first-order chi connectivity index (χ1) is 33.1. The zero-order valence-corrected chi connectivity index (χ0v) is 39.0. The number of aromatic nitrogens is 7. The van der Waals surface area contributed by atoms with E-state index in [9.17, 15) is 18.4 Å². The van der Waals surface area contributed by atoms with Gasteiger partial charge in [0.1, 0.15) is 35.6 Å². The number of benzene rings is 2. The zero-order valence-electron chi connectivity index (χ0n) is 39.0. The molecule has 4 N–H and O–H groups in total. The molecule has 0 saturated carbocycles. The number of amides is 1. The lowest BCUT2D eigenvalue weighted by molar-refractivity contribution is 0.0696. The van der Waals surface area contributed by atoms with Gasteiger partial charge >= 0.3 is 5.97 Å². The molecule has 0 saturated heterocycles. The molecule has 6 heterocycles. The molecule has 0 radical (unpaired) electrons. The third-order valence-electron chi connectivity index (χ3n) is 10.4. The van der Waals surface area contributed by atoms with Crippen molar-refractivity contribution in [2.24, 2.45) is 5.73 Å². The van der Waals surface area contributed by atoms with E-state index in [0.717, 1.165) is 42.9 Å². The normalized spacial score (nSPS) is 11.9. The van der Waals surface area contributed by atoms with Crippen LogP contribution in [-0.2, 0) is 0 Å². The predicted octanol–water partition coefficient (Wildman–Crippen LogP) is 7.92. The Morgan fingerprint density at radius 1 is 0.681 bits per heavy atom. The van der Waals surface area contributed by atoms with Crippen LogP contribution in [0.1, 0.15) is 68.4 Å². The van der Waals surface area contributed by atoms with E-state index < -0.39 is 5.97 Å². The van der Waals surface area contributed by atoms with Crippen molar-refractivity contribution in [3.8, 4) is 45.6 Å². The number of hydrogen-bond donors (Lipinski definition) is 3. The number of nitrogens with zero attached hydrogens (tertiary/aromatic N) is 9. The largest absolute Gasteiger partial charge is 0.478 e. The summed E-state index contributed by atoms with van der Waals surface area (Å²) in [5.74, 6) is 0.588. The van der Waals surface area contributed by atoms with Gasteiger partial charge in [-0.15, -0.1) is 0 Å². The molecule has 20 heteroatoms. The van der Waals surface area contributed by atoms with E-state index in [1.165, 1.54) is 48.9 Å². The van der Waals surface area contributed by atoms with E-state index in [-0.39, 0.29) is 34.9 Å². The smallest absolute Gasteiger partial charge is 0.337 e. The zero-order chi connectivity index (χ0) is 49.5. The fourth-order valence-corrected chi connectivity index (χ4v) is 6.59. The molecule has 2 unspecified atom stereocenters. The number of pyridine rings is 2. The number of oxazole rings is 2. The van der Waals surface area contributed by atoms with Gasteiger partial charge in [0.25, 0.3) is 5.91 Å². The van der Waals surface area contributed by atoms with Crippen molar-refractivity contribution in [1.29, 1.82) is 0 Å². The minimum atomic E-state index is -1.04. The summed E-state index contributed by atoms with van der Waals surface area (Å²) in [6.07, 6.45) is 10.8. The molecule has 2 atom stereocenters. The predicted molar refractivity (Wildman–Crippen MR) is 251 cm³/mol. The van der Waals surface area contributed by atoms with Gasteiger partial charge in [-0.3, -0.25) is 14.8 Å². The van der Waals surface area contributed by atoms with Gasteiger partial charge < -0.3 is 43.8 Å². The van der Waals surface area contributed by atoms with E-state index >= 15 is 0 Å². The van der Waals surface area contributed by atoms with Crippen LogP contribution in [0.5, 0.6) is 0 Å². The number of carboxylic acid groups (broad SMARTS) is 1. The van der Waals surface area contributed by atoms with Crippen LogP contribution in [-0.4, -0.2) is 116 Å². The van der Waals surface area contributed by atoms with E-state index in [4.69, 9.17) is 28.7 Å². The number of aryl methyl sites for hydroxylation is 2. The second kappa shape index (κ2) is 24.3. The van der Waals surface area contributed by atoms with Gasteiger partial charge in [-0.25, -0.2) is 23.5 Å². The van der Waals surface area contributed by atoms with Crippen LogP contribution in [0.15, 0.2) is 122 Å². The second-order valence-electron chi connectivity index (χ2n) is 16.4. The number of rotatable bonds is 17. The maximum atomic E-state index is 13.2. The Kier molecular flexibility index (Phi) is 17.8. The van der Waals surface area contributed by atoms with Crippen LogP contribution < -0.4 is 11.1 Å². The molecule has 0 aliphatic rings. The number of hydrogen-bond acceptors (Lipinski definition) is 16. The highest BCUT2D eigenvalue weighted by Gasteiger charge is 2.21. The van der Waals surface area contributed by atoms with Gasteiger partial charge in [0.2, 0.25) is 23.5 Å². The molecule has 360 valence electrons. The van der Waals surface area contributed by atoms with Crippen molar-refractivity contribution in [3.63, 3.8) is 0 Å². The van der Waals surface area contributed by atoms with E-state index in [0.29, 0.717) is 70.3 Å². The average Bonchev–Trinajstić information content (AvgIpc) is 4.20. The standard InChI is InChI=1S/C25H26FN5O3.C15H20FN3O.C9H7N3O3/c1-16-10-22(30-34-16)19-11-20(13-27-12-19)24(32)28-14-18(8-9-31(2)3)23-15-33-25(29-23)17-4-6-21(26)7-5-17;1-19(2)8-7-12(9-17)14-10-20-15(18-14)11-3-5-13(16)6-4-11;1-5-11-8(12-15-5)6-2-7(9(13)14)4-10-3-6/h4-7,10-13,15,18H,8-9,14H2,1-3H3,(H,28,32);3-6,10,12H,7-9,17H2,1-2H3;2-4H,1H3,(H,13,14). The first-order valence-electron chi connectivity index (χ1n) is 21.7. The van der Waals surface area contributed by atoms with Crippen molar-refractivity contribution in [2.75, 3.05) is 54.4 Å². The fraction of sp³-hybridized carbons (Fsp3) is 0.286. The summed E-state index contributed by atoms with van der Waals surface area (Å²) < 4.78 is 47.2. The summed E-state index contributed by atoms with van der Waals surface area (Å²) in [6, 6.07) is 17.0. The Hall–Kier alpha value is -7.81. The minimum Gasteiger partial charge on any atom is -0.478 e. The number of halogens is 2. The molecule has 0 fully saturated rings. The Morgan fingerprint density at radius 3 is 1.72 bits per heavy atom. The van der Waals surface area contributed by atoms with Crippen LogP contribution >= 0.6 is 0 Å². The van der Waals surface area contributed by atoms with Gasteiger partial charge in [0.15, 0.2) is 0 Å². The molecule has 0 aliphatic carbocycles. The lowest BCUT2D eigenvalue weighted by Gasteiger charge is -2.18. The summed E-state index contributed by atoms with van der Waals surface area (Å²) >= 11 is 0. The molecule has 2 aromatic carbocycles. The molecule has 0 spiro atoms. The third kappa shape index (κ3) is 14.8. The highest BCUT2D eigenvalue weighted by Crippen LogP contribution is 2.27. The first-order valence-corrected chi connectivity index (χ1v) is 21.7. The van der Waals surface area contributed by atoms with Crippen LogP contribution in [0.25, 0.3) is 45.6 Å². The maximum absolute atomic E-state index is 13.2. The molecular formula is C49H53F2N11O7. The molecule has 18 nitrogen and oxygen atoms in total. The fourth-order valence-electron chi connectivity index (χ4n) is 6.59. The van der Waals surface area contributed by atoms with E-state index in [1.54, 1.807) is 69.0 Å². The van der Waals surface area contributed by atoms with Crippen LogP contribution in [0.2, 0.25) is 0 Å². The maximum Gasteiger partial charge on any atom is 0.337 e. The Labute approximate surface area is 396 Å². The summed E-state index contributed by atoms with van der Waals surface area (Å²) in [6.45, 7) is 6.12. The van der Waals surface area contributed by atoms with Gasteiger partial charge in [-0.2, -0.15) is 4.98 Å². The van der Waals surface area contributed by atoms with Crippen molar-refractivity contribution < 1.29 is 41.4 Å². The lowest BCUT2D eigenvalue weighted by Crippen LogP contribution is -2.30. The molecular weight excluding hydrogens is 893 g/mol. The monoisotopic (exact) mass is 945 g/mol. The van der Waals surface area contributed by atoms with E-state index in [1.807, 2.05) is 28.2 Å². The molecule has 6 aromatic heterocycles. The summed E-state index contributed by atoms with van der Waals surface area (Å²) in [5.41, 5.74) is 11.2. The van der Waals surface area contributed by atoms with Crippen molar-refractivity contribution >= 4 is 11.9 Å². The Morgan fingerprint density at radius 2 is 1.22 bits per heavy atom. The van der Waals surface area contributed by atoms with Gasteiger partial charge in [-0.05, 0) is 122 Å². The van der Waals surface area contributed by atoms with Gasteiger partial charge in [-0.1, -0.05) is 10.3 Å². The number of carbonyl (C=O) groups excluding carboxylic acids is 1. The molecule has 0 bridgehead atoms. The average molecular weight is 946 g/mol. The number of carbonyl (C=O) groups is 2. The van der Waals surface area contributed by atoms with Crippen LogP contribution in [0.3, 0.4) is 0 Å². The number of nitrogens with one attached hydrogen (secondary N) is 1. The second-order valence-corrected chi connectivity index (χ2v) is 16.4. The molecule has 1 amide bonds. The molecule has 8 aromatic rings. The van der Waals surface area contributed by atoms with Gasteiger partial charge in [0, 0.05) is 85.0 Å². The lowest BCUT2D eigenvalue weighted by atomic mass is 10.0. The minimum absolute atomic E-state index is 0.0707. The number of aromatic carboxylic acids is 1. The highest BCUT2D eigenvalue weighted by atomic mass is 19.1. The summed E-state index contributed by atoms with van der Waals surface area (Å²) in [7, 11) is 8.04. The van der Waals surface area contributed by atoms with Crippen molar-refractivity contribution in [3.05, 3.63) is 150 Å². The molecule has 69 heavy (non-hydrogen) atoms. The summed E-state index contributed by atoms with van der Waals surface area (Å²) in [5, 5.41) is 19.4. The molecule has 0 aliphatic heterocycles. The Bertz CT molecular complexity index is 2880. The SMILES string of the molecule is CN(C)CCC(CN)c1coc(-c2ccc(F)cc2)n1.Cc1cc(-c2cncc(C(=O)NCC(CCN(C)C)c3coc(-c4ccc(F)cc4)n3)c2)no1.Cc1nc(-c2cncc(C(=O)O)c2)no1. The van der Waals surface area contributed by atoms with Crippen LogP contribution in [0.4, 0.5) is 8.78 Å². The summed E-state index contributed by atoms with van der Waals surface area (Å²) in [4.78, 5) is 48.8. The van der Waals surface area contributed by atoms with Crippen LogP contribution in [0, 0.1) is 25.5 Å².